The maximum atomic E-state index is 12.2. The molecule has 5 heteroatoms. The van der Waals surface area contributed by atoms with E-state index in [-0.39, 0.29) is 12.0 Å². The summed E-state index contributed by atoms with van der Waals surface area (Å²) >= 11 is 0. The molecule has 21 heavy (non-hydrogen) atoms. The number of carbonyl (C=O) groups is 1. The molecule has 0 radical (unpaired) electrons. The number of ether oxygens (including phenoxy) is 1. The summed E-state index contributed by atoms with van der Waals surface area (Å²) in [5.41, 5.74) is 0.691. The predicted molar refractivity (Wildman–Crippen MR) is 82.5 cm³/mol. The number of likely N-dealkylation sites (tertiary alicyclic amines) is 1. The van der Waals surface area contributed by atoms with Crippen LogP contribution in [0.1, 0.15) is 26.2 Å². The molecule has 5 nitrogen and oxygen atoms in total. The molecule has 0 spiro atoms. The van der Waals surface area contributed by atoms with Crippen molar-refractivity contribution in [2.24, 2.45) is 0 Å². The lowest BCUT2D eigenvalue weighted by atomic mass is 10.1. The Hall–Kier alpha value is -1.59. The van der Waals surface area contributed by atoms with Crippen molar-refractivity contribution in [2.45, 2.75) is 38.3 Å². The van der Waals surface area contributed by atoms with Gasteiger partial charge in [0.15, 0.2) is 0 Å². The Kier molecular flexibility index (Phi) is 5.59. The minimum atomic E-state index is -0.326. The van der Waals surface area contributed by atoms with Crippen molar-refractivity contribution in [3.05, 3.63) is 24.3 Å². The average Bonchev–Trinajstić information content (AvgIpc) is 2.85. The average molecular weight is 292 g/mol. The molecule has 1 aliphatic heterocycles. The number of aliphatic hydroxyl groups excluding tert-OH is 1. The number of amides is 1. The van der Waals surface area contributed by atoms with Gasteiger partial charge in [-0.25, -0.2) is 0 Å². The third kappa shape index (κ3) is 4.44. The molecule has 2 unspecified atom stereocenters. The van der Waals surface area contributed by atoms with Crippen molar-refractivity contribution in [1.29, 1.82) is 0 Å². The minimum Gasteiger partial charge on any atom is -0.495 e. The van der Waals surface area contributed by atoms with Crippen LogP contribution in [0, 0.1) is 0 Å². The van der Waals surface area contributed by atoms with Gasteiger partial charge in [0.1, 0.15) is 5.75 Å². The van der Waals surface area contributed by atoms with Crippen LogP contribution >= 0.6 is 0 Å². The second kappa shape index (κ2) is 7.43. The molecule has 1 fully saturated rings. The van der Waals surface area contributed by atoms with E-state index in [4.69, 9.17) is 4.74 Å². The number of anilines is 1. The summed E-state index contributed by atoms with van der Waals surface area (Å²) in [4.78, 5) is 14.3. The predicted octanol–water partition coefficient (Wildman–Crippen LogP) is 1.87. The first kappa shape index (κ1) is 15.8. The topological polar surface area (TPSA) is 61.8 Å². The van der Waals surface area contributed by atoms with Gasteiger partial charge in [-0.05, 0) is 44.9 Å². The van der Waals surface area contributed by atoms with E-state index in [9.17, 15) is 9.90 Å². The van der Waals surface area contributed by atoms with Gasteiger partial charge in [0, 0.05) is 6.04 Å². The largest absolute Gasteiger partial charge is 0.495 e. The zero-order valence-corrected chi connectivity index (χ0v) is 12.7. The molecular weight excluding hydrogens is 268 g/mol. The quantitative estimate of drug-likeness (QED) is 0.840. The maximum Gasteiger partial charge on any atom is 0.238 e. The summed E-state index contributed by atoms with van der Waals surface area (Å²) in [6, 6.07) is 7.68. The van der Waals surface area contributed by atoms with Crippen molar-refractivity contribution >= 4 is 11.6 Å². The summed E-state index contributed by atoms with van der Waals surface area (Å²) in [6.45, 7) is 3.07. The molecule has 0 bridgehead atoms. The van der Waals surface area contributed by atoms with E-state index in [0.717, 1.165) is 25.8 Å². The standard InChI is InChI=1S/C16H24N2O3/c1-12(19)10-13-6-5-9-18(13)11-16(20)17-14-7-3-4-8-15(14)21-2/h3-4,7-8,12-13,19H,5-6,9-11H2,1-2H3,(H,17,20). The first-order valence-corrected chi connectivity index (χ1v) is 7.45. The summed E-state index contributed by atoms with van der Waals surface area (Å²) in [5.74, 6) is 0.616. The Bertz CT molecular complexity index is 476. The van der Waals surface area contributed by atoms with E-state index < -0.39 is 0 Å². The van der Waals surface area contributed by atoms with Crippen molar-refractivity contribution in [2.75, 3.05) is 25.5 Å². The Morgan fingerprint density at radius 1 is 1.52 bits per heavy atom. The highest BCUT2D eigenvalue weighted by molar-refractivity contribution is 5.93. The van der Waals surface area contributed by atoms with Crippen LogP contribution in [0.15, 0.2) is 24.3 Å². The molecule has 1 saturated heterocycles. The van der Waals surface area contributed by atoms with Gasteiger partial charge in [-0.1, -0.05) is 12.1 Å². The lowest BCUT2D eigenvalue weighted by molar-refractivity contribution is -0.117. The van der Waals surface area contributed by atoms with Gasteiger partial charge >= 0.3 is 0 Å². The zero-order valence-electron chi connectivity index (χ0n) is 12.7. The first-order valence-electron chi connectivity index (χ1n) is 7.45. The molecule has 1 heterocycles. The molecule has 0 aromatic heterocycles. The number of methoxy groups -OCH3 is 1. The zero-order chi connectivity index (χ0) is 15.2. The molecule has 2 N–H and O–H groups in total. The highest BCUT2D eigenvalue weighted by Crippen LogP contribution is 2.24. The molecule has 2 atom stereocenters. The van der Waals surface area contributed by atoms with E-state index >= 15 is 0 Å². The summed E-state index contributed by atoms with van der Waals surface area (Å²) in [6.07, 6.45) is 2.53. The van der Waals surface area contributed by atoms with Crippen molar-refractivity contribution in [3.8, 4) is 5.75 Å². The van der Waals surface area contributed by atoms with Crippen molar-refractivity contribution < 1.29 is 14.6 Å². The van der Waals surface area contributed by atoms with Crippen LogP contribution in [0.4, 0.5) is 5.69 Å². The van der Waals surface area contributed by atoms with Crippen LogP contribution in [0.5, 0.6) is 5.75 Å². The van der Waals surface area contributed by atoms with E-state index in [1.54, 1.807) is 14.0 Å². The van der Waals surface area contributed by atoms with E-state index in [0.29, 0.717) is 24.0 Å². The number of nitrogens with zero attached hydrogens (tertiary/aromatic N) is 1. The Labute approximate surface area is 125 Å². The van der Waals surface area contributed by atoms with Crippen LogP contribution in [-0.2, 0) is 4.79 Å². The Morgan fingerprint density at radius 3 is 3.00 bits per heavy atom. The molecule has 116 valence electrons. The number of carbonyl (C=O) groups excluding carboxylic acids is 1. The van der Waals surface area contributed by atoms with Gasteiger partial charge in [-0.2, -0.15) is 0 Å². The second-order valence-electron chi connectivity index (χ2n) is 5.60. The fourth-order valence-electron chi connectivity index (χ4n) is 2.89. The van der Waals surface area contributed by atoms with Gasteiger partial charge in [0.2, 0.25) is 5.91 Å². The minimum absolute atomic E-state index is 0.0445. The molecular formula is C16H24N2O3. The lowest BCUT2D eigenvalue weighted by Gasteiger charge is -2.25. The number of rotatable bonds is 6. The first-order chi connectivity index (χ1) is 10.1. The molecule has 1 aromatic carbocycles. The second-order valence-corrected chi connectivity index (χ2v) is 5.60. The number of hydrogen-bond acceptors (Lipinski definition) is 4. The van der Waals surface area contributed by atoms with Gasteiger partial charge in [0.25, 0.3) is 0 Å². The fraction of sp³-hybridized carbons (Fsp3) is 0.562. The maximum absolute atomic E-state index is 12.2. The molecule has 2 rings (SSSR count). The Balaban J connectivity index is 1.92. The molecule has 0 saturated carbocycles. The summed E-state index contributed by atoms with van der Waals surface area (Å²) in [7, 11) is 1.59. The third-order valence-corrected chi connectivity index (χ3v) is 3.84. The molecule has 1 aromatic rings. The van der Waals surface area contributed by atoms with E-state index in [1.807, 2.05) is 24.3 Å². The normalized spacial score (nSPS) is 20.2. The molecule has 1 amide bonds. The molecule has 1 aliphatic rings. The number of hydrogen-bond donors (Lipinski definition) is 2. The van der Waals surface area contributed by atoms with Gasteiger partial charge in [-0.3, -0.25) is 9.69 Å². The van der Waals surface area contributed by atoms with Crippen molar-refractivity contribution in [1.82, 2.24) is 4.90 Å². The van der Waals surface area contributed by atoms with Crippen LogP contribution in [-0.4, -0.2) is 48.3 Å². The molecule has 0 aliphatic carbocycles. The smallest absolute Gasteiger partial charge is 0.238 e. The number of benzene rings is 1. The highest BCUT2D eigenvalue weighted by Gasteiger charge is 2.27. The van der Waals surface area contributed by atoms with Crippen LogP contribution in [0.3, 0.4) is 0 Å². The number of nitrogens with one attached hydrogen (secondary N) is 1. The van der Waals surface area contributed by atoms with E-state index in [2.05, 4.69) is 10.2 Å². The van der Waals surface area contributed by atoms with Crippen LogP contribution in [0.2, 0.25) is 0 Å². The summed E-state index contributed by atoms with van der Waals surface area (Å²) in [5, 5.41) is 12.4. The lowest BCUT2D eigenvalue weighted by Crippen LogP contribution is -2.38. The third-order valence-electron chi connectivity index (χ3n) is 3.84. The van der Waals surface area contributed by atoms with Gasteiger partial charge in [0.05, 0.1) is 25.4 Å². The number of aliphatic hydroxyl groups is 1. The van der Waals surface area contributed by atoms with E-state index in [1.165, 1.54) is 0 Å². The van der Waals surface area contributed by atoms with Crippen molar-refractivity contribution in [3.63, 3.8) is 0 Å². The van der Waals surface area contributed by atoms with Gasteiger partial charge in [-0.15, -0.1) is 0 Å². The highest BCUT2D eigenvalue weighted by atomic mass is 16.5. The fourth-order valence-corrected chi connectivity index (χ4v) is 2.89. The summed E-state index contributed by atoms with van der Waals surface area (Å²) < 4.78 is 5.23. The SMILES string of the molecule is COc1ccccc1NC(=O)CN1CCCC1CC(C)O. The van der Waals surface area contributed by atoms with Crippen LogP contribution in [0.25, 0.3) is 0 Å². The van der Waals surface area contributed by atoms with Gasteiger partial charge < -0.3 is 15.2 Å². The number of para-hydroxylation sites is 2. The van der Waals surface area contributed by atoms with Crippen LogP contribution < -0.4 is 10.1 Å². The Morgan fingerprint density at radius 2 is 2.29 bits per heavy atom. The monoisotopic (exact) mass is 292 g/mol.